The molecular formula is C15H25N3S. The third kappa shape index (κ3) is 4.60. The highest BCUT2D eigenvalue weighted by molar-refractivity contribution is 7.71. The van der Waals surface area contributed by atoms with Crippen molar-refractivity contribution in [1.82, 2.24) is 9.97 Å². The largest absolute Gasteiger partial charge is 0.372 e. The number of aromatic amines is 1. The van der Waals surface area contributed by atoms with Gasteiger partial charge in [0.25, 0.3) is 0 Å². The number of H-pyrrole nitrogens is 1. The number of anilines is 1. The molecule has 0 atom stereocenters. The monoisotopic (exact) mass is 279 g/mol. The summed E-state index contributed by atoms with van der Waals surface area (Å²) in [6.07, 6.45) is 7.66. The molecule has 1 aromatic rings. The lowest BCUT2D eigenvalue weighted by Crippen LogP contribution is -2.12. The van der Waals surface area contributed by atoms with Crippen molar-refractivity contribution in [3.8, 4) is 0 Å². The van der Waals surface area contributed by atoms with Crippen molar-refractivity contribution < 1.29 is 0 Å². The Morgan fingerprint density at radius 3 is 2.79 bits per heavy atom. The molecule has 0 radical (unpaired) electrons. The highest BCUT2D eigenvalue weighted by atomic mass is 32.1. The van der Waals surface area contributed by atoms with E-state index in [-0.39, 0.29) is 0 Å². The predicted molar refractivity (Wildman–Crippen MR) is 83.2 cm³/mol. The van der Waals surface area contributed by atoms with E-state index in [1.165, 1.54) is 38.5 Å². The molecule has 106 valence electrons. The van der Waals surface area contributed by atoms with Gasteiger partial charge in [0.2, 0.25) is 0 Å². The van der Waals surface area contributed by atoms with Gasteiger partial charge in [0.15, 0.2) is 0 Å². The molecule has 0 spiro atoms. The number of rotatable bonds is 5. The van der Waals surface area contributed by atoms with E-state index >= 15 is 0 Å². The first-order valence-electron chi connectivity index (χ1n) is 7.50. The Morgan fingerprint density at radius 1 is 1.37 bits per heavy atom. The molecule has 0 aromatic carbocycles. The van der Waals surface area contributed by atoms with Crippen LogP contribution in [0, 0.1) is 10.6 Å². The van der Waals surface area contributed by atoms with Crippen LogP contribution in [0.5, 0.6) is 0 Å². The van der Waals surface area contributed by atoms with Gasteiger partial charge in [-0.1, -0.05) is 45.3 Å². The number of hydrogen-bond acceptors (Lipinski definition) is 3. The predicted octanol–water partition coefficient (Wildman–Crippen LogP) is 4.64. The van der Waals surface area contributed by atoms with Crippen LogP contribution in [-0.4, -0.2) is 16.5 Å². The van der Waals surface area contributed by atoms with Crippen molar-refractivity contribution in [3.63, 3.8) is 0 Å². The second-order valence-corrected chi connectivity index (χ2v) is 6.38. The molecule has 3 nitrogen and oxygen atoms in total. The molecule has 2 rings (SSSR count). The van der Waals surface area contributed by atoms with Crippen molar-refractivity contribution >= 4 is 18.0 Å². The van der Waals surface area contributed by atoms with E-state index in [4.69, 9.17) is 12.2 Å². The molecule has 1 heterocycles. The first-order chi connectivity index (χ1) is 9.15. The van der Waals surface area contributed by atoms with Crippen LogP contribution in [0.2, 0.25) is 0 Å². The third-order valence-corrected chi connectivity index (χ3v) is 4.00. The Kier molecular flexibility index (Phi) is 5.37. The van der Waals surface area contributed by atoms with Crippen molar-refractivity contribution in [2.24, 2.45) is 5.92 Å². The molecule has 19 heavy (non-hydrogen) atoms. The molecule has 0 unspecified atom stereocenters. The maximum Gasteiger partial charge on any atom is 0.131 e. The minimum Gasteiger partial charge on any atom is -0.372 e. The van der Waals surface area contributed by atoms with E-state index in [1.54, 1.807) is 0 Å². The maximum absolute atomic E-state index is 5.29. The average Bonchev–Trinajstić information content (AvgIpc) is 2.39. The van der Waals surface area contributed by atoms with Crippen LogP contribution in [0.25, 0.3) is 0 Å². The molecule has 1 aliphatic carbocycles. The second kappa shape index (κ2) is 7.04. The Balaban J connectivity index is 2.03. The van der Waals surface area contributed by atoms with Gasteiger partial charge in [0, 0.05) is 18.5 Å². The fourth-order valence-electron chi connectivity index (χ4n) is 2.64. The Labute approximate surface area is 121 Å². The molecule has 0 amide bonds. The summed E-state index contributed by atoms with van der Waals surface area (Å²) in [5.41, 5.74) is 0. The van der Waals surface area contributed by atoms with Crippen molar-refractivity contribution in [1.29, 1.82) is 0 Å². The molecule has 1 aromatic heterocycles. The zero-order valence-corrected chi connectivity index (χ0v) is 12.9. The summed E-state index contributed by atoms with van der Waals surface area (Å²) in [5.74, 6) is 3.40. The van der Waals surface area contributed by atoms with Gasteiger partial charge < -0.3 is 10.3 Å². The maximum atomic E-state index is 5.29. The molecule has 0 bridgehead atoms. The first kappa shape index (κ1) is 14.5. The van der Waals surface area contributed by atoms with Gasteiger partial charge in [-0.05, 0) is 25.2 Å². The molecule has 4 heteroatoms. The third-order valence-electron chi connectivity index (χ3n) is 3.79. The highest BCUT2D eigenvalue weighted by Gasteiger charge is 2.17. The highest BCUT2D eigenvalue weighted by Crippen LogP contribution is 2.30. The second-order valence-electron chi connectivity index (χ2n) is 5.96. The molecule has 1 fully saturated rings. The first-order valence-corrected chi connectivity index (χ1v) is 7.91. The standard InChI is InChI=1S/C15H25N3S/c1-11(2)8-9-16-13-10-14(19)18-15(17-13)12-6-4-3-5-7-12/h10-12H,3-9H2,1-2H3,(H2,16,17,18,19). The average molecular weight is 279 g/mol. The Bertz CT molecular complexity index is 447. The van der Waals surface area contributed by atoms with Gasteiger partial charge in [0.1, 0.15) is 16.3 Å². The molecular weight excluding hydrogens is 254 g/mol. The molecule has 1 saturated carbocycles. The summed E-state index contributed by atoms with van der Waals surface area (Å²) in [5, 5.41) is 3.43. The lowest BCUT2D eigenvalue weighted by Gasteiger charge is -2.21. The van der Waals surface area contributed by atoms with E-state index in [9.17, 15) is 0 Å². The Hall–Kier alpha value is -0.900. The summed E-state index contributed by atoms with van der Waals surface area (Å²) in [6, 6.07) is 1.93. The summed E-state index contributed by atoms with van der Waals surface area (Å²) >= 11 is 5.29. The summed E-state index contributed by atoms with van der Waals surface area (Å²) in [4.78, 5) is 7.96. The van der Waals surface area contributed by atoms with Crippen molar-refractivity contribution in [3.05, 3.63) is 16.5 Å². The zero-order valence-electron chi connectivity index (χ0n) is 12.0. The number of nitrogens with one attached hydrogen (secondary N) is 2. The van der Waals surface area contributed by atoms with Gasteiger partial charge in [0.05, 0.1) is 0 Å². The molecule has 0 aliphatic heterocycles. The summed E-state index contributed by atoms with van der Waals surface area (Å²) in [7, 11) is 0. The SMILES string of the molecule is CC(C)CCNc1cc(=S)nc(C2CCCCC2)[nH]1. The number of hydrogen-bond donors (Lipinski definition) is 2. The minimum atomic E-state index is 0.572. The number of nitrogens with zero attached hydrogens (tertiary/aromatic N) is 1. The fourth-order valence-corrected chi connectivity index (χ4v) is 2.85. The van der Waals surface area contributed by atoms with Crippen LogP contribution in [0.1, 0.15) is 64.1 Å². The van der Waals surface area contributed by atoms with E-state index in [1.807, 2.05) is 6.07 Å². The molecule has 0 saturated heterocycles. The lowest BCUT2D eigenvalue weighted by molar-refractivity contribution is 0.428. The van der Waals surface area contributed by atoms with Crippen LogP contribution in [0.15, 0.2) is 6.07 Å². The summed E-state index contributed by atoms with van der Waals surface area (Å²) < 4.78 is 0.700. The van der Waals surface area contributed by atoms with Gasteiger partial charge >= 0.3 is 0 Å². The van der Waals surface area contributed by atoms with Crippen molar-refractivity contribution in [2.75, 3.05) is 11.9 Å². The van der Waals surface area contributed by atoms with Gasteiger partial charge in [-0.2, -0.15) is 0 Å². The Morgan fingerprint density at radius 2 is 2.11 bits per heavy atom. The fraction of sp³-hybridized carbons (Fsp3) is 0.733. The topological polar surface area (TPSA) is 40.7 Å². The lowest BCUT2D eigenvalue weighted by atomic mass is 9.89. The molecule has 2 N–H and O–H groups in total. The van der Waals surface area contributed by atoms with Crippen LogP contribution < -0.4 is 5.32 Å². The van der Waals surface area contributed by atoms with Crippen molar-refractivity contribution in [2.45, 2.75) is 58.3 Å². The van der Waals surface area contributed by atoms with E-state index in [0.29, 0.717) is 10.6 Å². The minimum absolute atomic E-state index is 0.572. The van der Waals surface area contributed by atoms with E-state index in [0.717, 1.165) is 24.1 Å². The zero-order chi connectivity index (χ0) is 13.7. The van der Waals surface area contributed by atoms with E-state index in [2.05, 4.69) is 29.1 Å². The smallest absolute Gasteiger partial charge is 0.131 e. The van der Waals surface area contributed by atoms with Gasteiger partial charge in [-0.25, -0.2) is 4.98 Å². The summed E-state index contributed by atoms with van der Waals surface area (Å²) in [6.45, 7) is 5.46. The molecule has 1 aliphatic rings. The van der Waals surface area contributed by atoms with Gasteiger partial charge in [-0.3, -0.25) is 0 Å². The van der Waals surface area contributed by atoms with Crippen LogP contribution in [-0.2, 0) is 0 Å². The van der Waals surface area contributed by atoms with Crippen LogP contribution >= 0.6 is 12.2 Å². The van der Waals surface area contributed by atoms with Crippen LogP contribution in [0.4, 0.5) is 5.82 Å². The van der Waals surface area contributed by atoms with Crippen LogP contribution in [0.3, 0.4) is 0 Å². The van der Waals surface area contributed by atoms with E-state index < -0.39 is 0 Å². The quantitative estimate of drug-likeness (QED) is 0.771. The van der Waals surface area contributed by atoms with Gasteiger partial charge in [-0.15, -0.1) is 0 Å². The number of aromatic nitrogens is 2. The normalized spacial score (nSPS) is 16.8.